The maximum Gasteiger partial charge on any atom is 0.157 e. The molecule has 0 fully saturated rings. The van der Waals surface area contributed by atoms with Crippen LogP contribution in [0.25, 0.3) is 0 Å². The van der Waals surface area contributed by atoms with Crippen LogP contribution in [0.1, 0.15) is 48.6 Å². The second-order valence-corrected chi connectivity index (χ2v) is 3.95. The van der Waals surface area contributed by atoms with E-state index >= 15 is 0 Å². The van der Waals surface area contributed by atoms with Gasteiger partial charge in [-0.15, -0.1) is 0 Å². The number of ether oxygens (including phenoxy) is 1. The highest BCUT2D eigenvalue weighted by Crippen LogP contribution is 2.20. The van der Waals surface area contributed by atoms with E-state index in [1.54, 1.807) is 7.11 Å². The van der Waals surface area contributed by atoms with Gasteiger partial charge >= 0.3 is 0 Å². The Kier molecular flexibility index (Phi) is 4.83. The highest BCUT2D eigenvalue weighted by molar-refractivity contribution is 5.24. The molecule has 1 aromatic heterocycles. The number of rotatable bonds is 5. The van der Waals surface area contributed by atoms with Crippen LogP contribution in [-0.2, 0) is 11.3 Å². The average Bonchev–Trinajstić information content (AvgIpc) is 2.25. The summed E-state index contributed by atoms with van der Waals surface area (Å²) in [5.74, 6) is 0.775. The quantitative estimate of drug-likeness (QED) is 0.829. The molecule has 0 saturated heterocycles. The largest absolute Gasteiger partial charge is 0.373 e. The first-order valence-corrected chi connectivity index (χ1v) is 5.70. The second kappa shape index (κ2) is 5.92. The van der Waals surface area contributed by atoms with E-state index in [1.165, 1.54) is 0 Å². The number of hydrogen-bond acceptors (Lipinski definition) is 4. The molecule has 0 aliphatic carbocycles. The molecular formula is C12H21N3O. The predicted molar refractivity (Wildman–Crippen MR) is 64.1 cm³/mol. The van der Waals surface area contributed by atoms with Gasteiger partial charge in [0, 0.05) is 30.6 Å². The van der Waals surface area contributed by atoms with Crippen LogP contribution in [0.15, 0.2) is 0 Å². The summed E-state index contributed by atoms with van der Waals surface area (Å²) in [4.78, 5) is 8.96. The van der Waals surface area contributed by atoms with Crippen LogP contribution >= 0.6 is 0 Å². The van der Waals surface area contributed by atoms with Gasteiger partial charge in [0.2, 0.25) is 0 Å². The van der Waals surface area contributed by atoms with Crippen LogP contribution in [0, 0.1) is 13.8 Å². The summed E-state index contributed by atoms with van der Waals surface area (Å²) in [5, 5.41) is 0. The highest BCUT2D eigenvalue weighted by Gasteiger charge is 2.15. The van der Waals surface area contributed by atoms with E-state index < -0.39 is 0 Å². The summed E-state index contributed by atoms with van der Waals surface area (Å²) >= 11 is 0. The van der Waals surface area contributed by atoms with Crippen molar-refractivity contribution in [3.8, 4) is 0 Å². The molecule has 0 saturated carbocycles. The first kappa shape index (κ1) is 13.1. The molecule has 1 heterocycles. The minimum Gasteiger partial charge on any atom is -0.373 e. The normalized spacial score (nSPS) is 12.8. The van der Waals surface area contributed by atoms with Gasteiger partial charge in [-0.05, 0) is 20.3 Å². The monoisotopic (exact) mass is 223 g/mol. The zero-order valence-corrected chi connectivity index (χ0v) is 10.6. The summed E-state index contributed by atoms with van der Waals surface area (Å²) < 4.78 is 5.40. The molecule has 0 aliphatic rings. The van der Waals surface area contributed by atoms with Crippen LogP contribution < -0.4 is 5.73 Å². The van der Waals surface area contributed by atoms with Crippen LogP contribution in [0.5, 0.6) is 0 Å². The van der Waals surface area contributed by atoms with E-state index in [2.05, 4.69) is 16.9 Å². The lowest BCUT2D eigenvalue weighted by Gasteiger charge is -2.15. The summed E-state index contributed by atoms with van der Waals surface area (Å²) in [6, 6.07) is 0. The predicted octanol–water partition coefficient (Wildman–Crippen LogP) is 2.04. The Hall–Kier alpha value is -1.00. The van der Waals surface area contributed by atoms with Gasteiger partial charge in [0.15, 0.2) is 5.82 Å². The van der Waals surface area contributed by atoms with Crippen molar-refractivity contribution in [3.63, 3.8) is 0 Å². The number of methoxy groups -OCH3 is 1. The van der Waals surface area contributed by atoms with Crippen molar-refractivity contribution in [3.05, 3.63) is 22.8 Å². The molecule has 4 nitrogen and oxygen atoms in total. The molecule has 0 radical (unpaired) electrons. The first-order valence-electron chi connectivity index (χ1n) is 5.70. The van der Waals surface area contributed by atoms with Crippen LogP contribution in [0.4, 0.5) is 0 Å². The molecule has 1 aromatic rings. The van der Waals surface area contributed by atoms with Crippen LogP contribution in [0.2, 0.25) is 0 Å². The Morgan fingerprint density at radius 3 is 2.19 bits per heavy atom. The molecule has 0 spiro atoms. The standard InChI is InChI=1S/C12H21N3O/c1-5-6-11(16-4)12-14-8(2)10(7-13)9(3)15-12/h11H,5-7,13H2,1-4H3. The van der Waals surface area contributed by atoms with E-state index in [4.69, 9.17) is 10.5 Å². The molecule has 16 heavy (non-hydrogen) atoms. The van der Waals surface area contributed by atoms with E-state index in [9.17, 15) is 0 Å². The van der Waals surface area contributed by atoms with Crippen molar-refractivity contribution >= 4 is 0 Å². The number of aryl methyl sites for hydroxylation is 2. The highest BCUT2D eigenvalue weighted by atomic mass is 16.5. The Labute approximate surface area is 97.2 Å². The molecule has 4 heteroatoms. The topological polar surface area (TPSA) is 61.0 Å². The van der Waals surface area contributed by atoms with Gasteiger partial charge in [-0.3, -0.25) is 0 Å². The minimum absolute atomic E-state index is 0.00535. The molecule has 2 N–H and O–H groups in total. The van der Waals surface area contributed by atoms with E-state index in [0.29, 0.717) is 6.54 Å². The number of nitrogens with two attached hydrogens (primary N) is 1. The van der Waals surface area contributed by atoms with Gasteiger partial charge in [0.05, 0.1) is 0 Å². The van der Waals surface area contributed by atoms with E-state index in [0.717, 1.165) is 35.6 Å². The third-order valence-electron chi connectivity index (χ3n) is 2.77. The smallest absolute Gasteiger partial charge is 0.157 e. The van der Waals surface area contributed by atoms with Crippen LogP contribution in [0.3, 0.4) is 0 Å². The minimum atomic E-state index is -0.00535. The fourth-order valence-electron chi connectivity index (χ4n) is 1.82. The van der Waals surface area contributed by atoms with E-state index in [-0.39, 0.29) is 6.10 Å². The van der Waals surface area contributed by atoms with Gasteiger partial charge in [-0.1, -0.05) is 13.3 Å². The number of nitrogens with zero attached hydrogens (tertiary/aromatic N) is 2. The zero-order chi connectivity index (χ0) is 12.1. The number of hydrogen-bond donors (Lipinski definition) is 1. The van der Waals surface area contributed by atoms with Gasteiger partial charge in [-0.25, -0.2) is 9.97 Å². The average molecular weight is 223 g/mol. The summed E-state index contributed by atoms with van der Waals surface area (Å²) in [5.41, 5.74) is 8.62. The lowest BCUT2D eigenvalue weighted by Crippen LogP contribution is -2.13. The SMILES string of the molecule is CCCC(OC)c1nc(C)c(CN)c(C)n1. The Balaban J connectivity index is 3.06. The molecule has 0 amide bonds. The fourth-order valence-corrected chi connectivity index (χ4v) is 1.82. The van der Waals surface area contributed by atoms with Gasteiger partial charge in [0.25, 0.3) is 0 Å². The summed E-state index contributed by atoms with van der Waals surface area (Å²) in [6.45, 7) is 6.56. The summed E-state index contributed by atoms with van der Waals surface area (Å²) in [6.07, 6.45) is 1.99. The molecule has 90 valence electrons. The zero-order valence-electron chi connectivity index (χ0n) is 10.6. The Morgan fingerprint density at radius 1 is 1.25 bits per heavy atom. The maximum atomic E-state index is 5.66. The molecule has 1 atom stereocenters. The fraction of sp³-hybridized carbons (Fsp3) is 0.667. The number of aromatic nitrogens is 2. The van der Waals surface area contributed by atoms with E-state index in [1.807, 2.05) is 13.8 Å². The molecule has 0 aromatic carbocycles. The van der Waals surface area contributed by atoms with Crippen LogP contribution in [-0.4, -0.2) is 17.1 Å². The van der Waals surface area contributed by atoms with Crippen molar-refractivity contribution in [1.29, 1.82) is 0 Å². The first-order chi connectivity index (χ1) is 7.63. The van der Waals surface area contributed by atoms with Crippen molar-refractivity contribution in [2.75, 3.05) is 7.11 Å². The van der Waals surface area contributed by atoms with Gasteiger partial charge in [0.1, 0.15) is 6.10 Å². The maximum absolute atomic E-state index is 5.66. The van der Waals surface area contributed by atoms with Crippen molar-refractivity contribution in [2.45, 2.75) is 46.3 Å². The molecular weight excluding hydrogens is 202 g/mol. The Morgan fingerprint density at radius 2 is 1.81 bits per heavy atom. The third kappa shape index (κ3) is 2.77. The third-order valence-corrected chi connectivity index (χ3v) is 2.77. The van der Waals surface area contributed by atoms with Crippen molar-refractivity contribution < 1.29 is 4.74 Å². The van der Waals surface area contributed by atoms with Crippen molar-refractivity contribution in [2.24, 2.45) is 5.73 Å². The molecule has 1 unspecified atom stereocenters. The molecule has 0 aliphatic heterocycles. The lowest BCUT2D eigenvalue weighted by atomic mass is 10.1. The van der Waals surface area contributed by atoms with Crippen molar-refractivity contribution in [1.82, 2.24) is 9.97 Å². The second-order valence-electron chi connectivity index (χ2n) is 3.95. The summed E-state index contributed by atoms with van der Waals surface area (Å²) in [7, 11) is 1.70. The molecule has 1 rings (SSSR count). The van der Waals surface area contributed by atoms with Gasteiger partial charge < -0.3 is 10.5 Å². The lowest BCUT2D eigenvalue weighted by molar-refractivity contribution is 0.0872. The molecule has 0 bridgehead atoms. The Bertz CT molecular complexity index is 329. The van der Waals surface area contributed by atoms with Gasteiger partial charge in [-0.2, -0.15) is 0 Å².